The van der Waals surface area contributed by atoms with E-state index in [1.165, 1.54) is 0 Å². The number of anilines is 1. The molecule has 0 aliphatic carbocycles. The Morgan fingerprint density at radius 3 is 2.62 bits per heavy atom. The Morgan fingerprint density at radius 1 is 1.21 bits per heavy atom. The van der Waals surface area contributed by atoms with Crippen molar-refractivity contribution in [1.82, 2.24) is 9.88 Å². The number of hydrogen-bond acceptors (Lipinski definition) is 4. The standard InChI is InChI=1S/C18H20ClN3O2/c1-24-16-6-5-14(12-15(16)19)13-18(23)22-10-8-21(9-11-22)17-4-2-3-7-20-17/h2-7,12H,8-11,13H2,1H3. The first-order valence-electron chi connectivity index (χ1n) is 7.93. The zero-order valence-corrected chi connectivity index (χ0v) is 14.4. The second-order valence-electron chi connectivity index (χ2n) is 5.70. The Labute approximate surface area is 146 Å². The lowest BCUT2D eigenvalue weighted by atomic mass is 10.1. The van der Waals surface area contributed by atoms with Crippen LogP contribution in [0.4, 0.5) is 5.82 Å². The number of rotatable bonds is 4. The average Bonchev–Trinajstić information content (AvgIpc) is 2.63. The van der Waals surface area contributed by atoms with Gasteiger partial charge < -0.3 is 14.5 Å². The molecule has 126 valence electrons. The number of amides is 1. The summed E-state index contributed by atoms with van der Waals surface area (Å²) < 4.78 is 5.14. The van der Waals surface area contributed by atoms with Crippen LogP contribution in [0.1, 0.15) is 5.56 Å². The highest BCUT2D eigenvalue weighted by Gasteiger charge is 2.22. The Balaban J connectivity index is 1.56. The minimum atomic E-state index is 0.122. The van der Waals surface area contributed by atoms with Gasteiger partial charge in [0.15, 0.2) is 0 Å². The minimum absolute atomic E-state index is 0.122. The molecule has 1 amide bonds. The summed E-state index contributed by atoms with van der Waals surface area (Å²) in [5, 5.41) is 0.530. The van der Waals surface area contributed by atoms with Crippen molar-refractivity contribution in [2.75, 3.05) is 38.2 Å². The lowest BCUT2D eigenvalue weighted by Crippen LogP contribution is -2.49. The molecule has 1 saturated heterocycles. The van der Waals surface area contributed by atoms with E-state index in [2.05, 4.69) is 9.88 Å². The molecular weight excluding hydrogens is 326 g/mol. The third-order valence-corrected chi connectivity index (χ3v) is 4.47. The van der Waals surface area contributed by atoms with Crippen molar-refractivity contribution in [2.24, 2.45) is 0 Å². The maximum absolute atomic E-state index is 12.5. The summed E-state index contributed by atoms with van der Waals surface area (Å²) in [6.07, 6.45) is 2.15. The number of carbonyl (C=O) groups is 1. The molecule has 0 atom stereocenters. The van der Waals surface area contributed by atoms with Gasteiger partial charge in [-0.05, 0) is 29.8 Å². The van der Waals surface area contributed by atoms with E-state index in [1.54, 1.807) is 25.4 Å². The van der Waals surface area contributed by atoms with E-state index in [0.717, 1.165) is 24.5 Å². The molecule has 3 rings (SSSR count). The molecule has 1 aromatic carbocycles. The van der Waals surface area contributed by atoms with E-state index in [0.29, 0.717) is 30.3 Å². The first-order chi connectivity index (χ1) is 11.7. The van der Waals surface area contributed by atoms with Gasteiger partial charge in [-0.3, -0.25) is 4.79 Å². The van der Waals surface area contributed by atoms with Crippen molar-refractivity contribution in [1.29, 1.82) is 0 Å². The van der Waals surface area contributed by atoms with Crippen LogP contribution >= 0.6 is 11.6 Å². The van der Waals surface area contributed by atoms with Gasteiger partial charge in [-0.25, -0.2) is 4.98 Å². The molecule has 6 heteroatoms. The molecule has 0 N–H and O–H groups in total. The predicted molar refractivity (Wildman–Crippen MR) is 94.7 cm³/mol. The van der Waals surface area contributed by atoms with Crippen LogP contribution in [-0.2, 0) is 11.2 Å². The van der Waals surface area contributed by atoms with Gasteiger partial charge in [0.1, 0.15) is 11.6 Å². The fraction of sp³-hybridized carbons (Fsp3) is 0.333. The van der Waals surface area contributed by atoms with Crippen LogP contribution in [0, 0.1) is 0 Å². The Kier molecular flexibility index (Phi) is 5.20. The maximum Gasteiger partial charge on any atom is 0.227 e. The molecule has 1 aromatic heterocycles. The number of aromatic nitrogens is 1. The highest BCUT2D eigenvalue weighted by molar-refractivity contribution is 6.32. The zero-order chi connectivity index (χ0) is 16.9. The molecular formula is C18H20ClN3O2. The Morgan fingerprint density at radius 2 is 2.00 bits per heavy atom. The average molecular weight is 346 g/mol. The summed E-state index contributed by atoms with van der Waals surface area (Å²) >= 11 is 6.12. The third kappa shape index (κ3) is 3.79. The van der Waals surface area contributed by atoms with Crippen LogP contribution in [0.5, 0.6) is 5.75 Å². The van der Waals surface area contributed by atoms with Gasteiger partial charge >= 0.3 is 0 Å². The number of piperazine rings is 1. The number of carbonyl (C=O) groups excluding carboxylic acids is 1. The van der Waals surface area contributed by atoms with Crippen molar-refractivity contribution in [3.63, 3.8) is 0 Å². The SMILES string of the molecule is COc1ccc(CC(=O)N2CCN(c3ccccn3)CC2)cc1Cl. The highest BCUT2D eigenvalue weighted by Crippen LogP contribution is 2.25. The summed E-state index contributed by atoms with van der Waals surface area (Å²) in [4.78, 5) is 21.0. The summed E-state index contributed by atoms with van der Waals surface area (Å²) in [7, 11) is 1.58. The topological polar surface area (TPSA) is 45.7 Å². The number of hydrogen-bond donors (Lipinski definition) is 0. The fourth-order valence-corrected chi connectivity index (χ4v) is 3.11. The van der Waals surface area contributed by atoms with E-state index in [9.17, 15) is 4.79 Å². The second-order valence-corrected chi connectivity index (χ2v) is 6.11. The smallest absolute Gasteiger partial charge is 0.227 e. The van der Waals surface area contributed by atoms with E-state index >= 15 is 0 Å². The van der Waals surface area contributed by atoms with Gasteiger partial charge in [0.25, 0.3) is 0 Å². The van der Waals surface area contributed by atoms with E-state index in [4.69, 9.17) is 16.3 Å². The lowest BCUT2D eigenvalue weighted by Gasteiger charge is -2.35. The largest absolute Gasteiger partial charge is 0.495 e. The maximum atomic E-state index is 12.5. The first-order valence-corrected chi connectivity index (χ1v) is 8.31. The molecule has 0 spiro atoms. The van der Waals surface area contributed by atoms with Crippen LogP contribution in [0.25, 0.3) is 0 Å². The quantitative estimate of drug-likeness (QED) is 0.854. The minimum Gasteiger partial charge on any atom is -0.495 e. The normalized spacial score (nSPS) is 14.6. The van der Waals surface area contributed by atoms with Gasteiger partial charge in [0.05, 0.1) is 18.6 Å². The number of methoxy groups -OCH3 is 1. The van der Waals surface area contributed by atoms with E-state index in [1.807, 2.05) is 29.2 Å². The highest BCUT2D eigenvalue weighted by atomic mass is 35.5. The van der Waals surface area contributed by atoms with Crippen LogP contribution in [0.3, 0.4) is 0 Å². The second kappa shape index (κ2) is 7.53. The Bertz CT molecular complexity index is 701. The van der Waals surface area contributed by atoms with Crippen LogP contribution in [-0.4, -0.2) is 49.1 Å². The van der Waals surface area contributed by atoms with E-state index < -0.39 is 0 Å². The molecule has 0 unspecified atom stereocenters. The predicted octanol–water partition coefficient (Wildman–Crippen LogP) is 2.63. The van der Waals surface area contributed by atoms with Crippen molar-refractivity contribution in [3.8, 4) is 5.75 Å². The third-order valence-electron chi connectivity index (χ3n) is 4.18. The number of nitrogens with zero attached hydrogens (tertiary/aromatic N) is 3. The van der Waals surface area contributed by atoms with Crippen molar-refractivity contribution in [3.05, 3.63) is 53.2 Å². The zero-order valence-electron chi connectivity index (χ0n) is 13.6. The summed E-state index contributed by atoms with van der Waals surface area (Å²) in [5.74, 6) is 1.71. The van der Waals surface area contributed by atoms with Gasteiger partial charge in [-0.2, -0.15) is 0 Å². The number of ether oxygens (including phenoxy) is 1. The van der Waals surface area contributed by atoms with Crippen LogP contribution in [0.2, 0.25) is 5.02 Å². The summed E-state index contributed by atoms with van der Waals surface area (Å²) in [6, 6.07) is 11.4. The molecule has 0 saturated carbocycles. The number of pyridine rings is 1. The lowest BCUT2D eigenvalue weighted by molar-refractivity contribution is -0.130. The van der Waals surface area contributed by atoms with Gasteiger partial charge in [-0.1, -0.05) is 23.7 Å². The first kappa shape index (κ1) is 16.6. The molecule has 0 bridgehead atoms. The van der Waals surface area contributed by atoms with Crippen LogP contribution < -0.4 is 9.64 Å². The summed E-state index contributed by atoms with van der Waals surface area (Å²) in [6.45, 7) is 3.01. The molecule has 1 aliphatic rings. The Hall–Kier alpha value is -2.27. The molecule has 2 aromatic rings. The monoisotopic (exact) mass is 345 g/mol. The number of halogens is 1. The molecule has 0 radical (unpaired) electrons. The fourth-order valence-electron chi connectivity index (χ4n) is 2.83. The van der Waals surface area contributed by atoms with Crippen molar-refractivity contribution in [2.45, 2.75) is 6.42 Å². The molecule has 2 heterocycles. The van der Waals surface area contributed by atoms with Gasteiger partial charge in [0, 0.05) is 32.4 Å². The van der Waals surface area contributed by atoms with E-state index in [-0.39, 0.29) is 5.91 Å². The molecule has 5 nitrogen and oxygen atoms in total. The summed E-state index contributed by atoms with van der Waals surface area (Å²) in [5.41, 5.74) is 0.901. The van der Waals surface area contributed by atoms with Crippen molar-refractivity contribution >= 4 is 23.3 Å². The van der Waals surface area contributed by atoms with Gasteiger partial charge in [0.2, 0.25) is 5.91 Å². The molecule has 1 fully saturated rings. The van der Waals surface area contributed by atoms with Crippen molar-refractivity contribution < 1.29 is 9.53 Å². The molecule has 24 heavy (non-hydrogen) atoms. The van der Waals surface area contributed by atoms with Crippen LogP contribution in [0.15, 0.2) is 42.6 Å². The molecule has 1 aliphatic heterocycles. The van der Waals surface area contributed by atoms with Gasteiger partial charge in [-0.15, -0.1) is 0 Å². The number of benzene rings is 1.